The number of pyridine rings is 1. The number of rotatable bonds is 4. The van der Waals surface area contributed by atoms with E-state index in [-0.39, 0.29) is 0 Å². The SMILES string of the molecule is Cc1cc(C)c(C(N)=O)c(N(C)CC2CCCNC2)n1. The first-order chi connectivity index (χ1) is 9.49. The summed E-state index contributed by atoms with van der Waals surface area (Å²) in [5.74, 6) is 0.899. The van der Waals surface area contributed by atoms with Gasteiger partial charge in [0.1, 0.15) is 5.82 Å². The lowest BCUT2D eigenvalue weighted by molar-refractivity contribution is 0.1000. The van der Waals surface area contributed by atoms with Crippen LogP contribution in [0.15, 0.2) is 6.07 Å². The number of nitrogens with two attached hydrogens (primary N) is 1. The Morgan fingerprint density at radius 1 is 1.55 bits per heavy atom. The van der Waals surface area contributed by atoms with E-state index in [0.717, 1.165) is 30.9 Å². The van der Waals surface area contributed by atoms with Gasteiger partial charge in [0.05, 0.1) is 5.56 Å². The maximum absolute atomic E-state index is 11.7. The molecule has 20 heavy (non-hydrogen) atoms. The van der Waals surface area contributed by atoms with Gasteiger partial charge in [-0.05, 0) is 57.3 Å². The summed E-state index contributed by atoms with van der Waals surface area (Å²) in [5, 5.41) is 3.41. The Hall–Kier alpha value is -1.62. The molecule has 1 fully saturated rings. The largest absolute Gasteiger partial charge is 0.365 e. The van der Waals surface area contributed by atoms with Crippen LogP contribution in [-0.2, 0) is 0 Å². The highest BCUT2D eigenvalue weighted by Crippen LogP contribution is 2.23. The van der Waals surface area contributed by atoms with Crippen LogP contribution in [0.5, 0.6) is 0 Å². The van der Waals surface area contributed by atoms with Crippen molar-refractivity contribution in [3.05, 3.63) is 22.9 Å². The molecular weight excluding hydrogens is 252 g/mol. The number of piperidine rings is 1. The summed E-state index contributed by atoms with van der Waals surface area (Å²) in [6, 6.07) is 1.90. The van der Waals surface area contributed by atoms with Gasteiger partial charge in [0.2, 0.25) is 0 Å². The molecular formula is C15H24N4O. The van der Waals surface area contributed by atoms with Crippen molar-refractivity contribution >= 4 is 11.7 Å². The normalized spacial score (nSPS) is 18.9. The molecule has 0 spiro atoms. The number of anilines is 1. The topological polar surface area (TPSA) is 71.2 Å². The number of hydrogen-bond donors (Lipinski definition) is 2. The second-order valence-electron chi connectivity index (χ2n) is 5.74. The maximum Gasteiger partial charge on any atom is 0.252 e. The second kappa shape index (κ2) is 6.22. The van der Waals surface area contributed by atoms with Crippen LogP contribution in [0.3, 0.4) is 0 Å². The van der Waals surface area contributed by atoms with Gasteiger partial charge in [-0.25, -0.2) is 4.98 Å². The average Bonchev–Trinajstić information content (AvgIpc) is 2.38. The second-order valence-corrected chi connectivity index (χ2v) is 5.74. The molecule has 5 heteroatoms. The van der Waals surface area contributed by atoms with E-state index < -0.39 is 5.91 Å². The first kappa shape index (κ1) is 14.8. The van der Waals surface area contributed by atoms with E-state index >= 15 is 0 Å². The minimum absolute atomic E-state index is 0.404. The predicted molar refractivity (Wildman–Crippen MR) is 81.1 cm³/mol. The number of aromatic nitrogens is 1. The van der Waals surface area contributed by atoms with Crippen molar-refractivity contribution < 1.29 is 4.79 Å². The molecule has 0 bridgehead atoms. The van der Waals surface area contributed by atoms with Crippen molar-refractivity contribution in [3.8, 4) is 0 Å². The number of primary amides is 1. The summed E-state index contributed by atoms with van der Waals surface area (Å²) in [6.07, 6.45) is 2.43. The van der Waals surface area contributed by atoms with E-state index in [1.54, 1.807) is 0 Å². The summed E-state index contributed by atoms with van der Waals surface area (Å²) >= 11 is 0. The van der Waals surface area contributed by atoms with Gasteiger partial charge in [0.15, 0.2) is 0 Å². The van der Waals surface area contributed by atoms with E-state index in [0.29, 0.717) is 17.3 Å². The van der Waals surface area contributed by atoms with Gasteiger partial charge in [0, 0.05) is 19.3 Å². The molecule has 1 aromatic heterocycles. The molecule has 1 aliphatic rings. The van der Waals surface area contributed by atoms with Crippen LogP contribution in [0, 0.1) is 19.8 Å². The van der Waals surface area contributed by atoms with Crippen molar-refractivity contribution in [1.82, 2.24) is 10.3 Å². The first-order valence-corrected chi connectivity index (χ1v) is 7.19. The molecule has 0 aliphatic carbocycles. The molecule has 1 aliphatic heterocycles. The van der Waals surface area contributed by atoms with Crippen molar-refractivity contribution in [2.24, 2.45) is 11.7 Å². The monoisotopic (exact) mass is 276 g/mol. The number of amides is 1. The van der Waals surface area contributed by atoms with Crippen LogP contribution in [0.2, 0.25) is 0 Å². The lowest BCUT2D eigenvalue weighted by atomic mass is 9.99. The van der Waals surface area contributed by atoms with Gasteiger partial charge >= 0.3 is 0 Å². The van der Waals surface area contributed by atoms with Crippen molar-refractivity contribution in [2.45, 2.75) is 26.7 Å². The molecule has 0 saturated carbocycles. The van der Waals surface area contributed by atoms with Gasteiger partial charge in [-0.15, -0.1) is 0 Å². The Bertz CT molecular complexity index is 495. The van der Waals surface area contributed by atoms with Crippen molar-refractivity contribution in [2.75, 3.05) is 31.6 Å². The minimum Gasteiger partial charge on any atom is -0.365 e. The van der Waals surface area contributed by atoms with Gasteiger partial charge in [-0.3, -0.25) is 4.79 Å². The molecule has 1 aromatic rings. The Kier molecular flexibility index (Phi) is 4.60. The summed E-state index contributed by atoms with van der Waals surface area (Å²) in [6.45, 7) is 6.88. The molecule has 1 unspecified atom stereocenters. The molecule has 2 heterocycles. The summed E-state index contributed by atoms with van der Waals surface area (Å²) in [5.41, 5.74) is 7.87. The molecule has 5 nitrogen and oxygen atoms in total. The predicted octanol–water partition coefficient (Wildman–Crippen LogP) is 1.23. The van der Waals surface area contributed by atoms with Crippen LogP contribution in [-0.4, -0.2) is 37.6 Å². The van der Waals surface area contributed by atoms with E-state index in [1.165, 1.54) is 12.8 Å². The lowest BCUT2D eigenvalue weighted by Crippen LogP contribution is -2.38. The fourth-order valence-electron chi connectivity index (χ4n) is 2.95. The molecule has 110 valence electrons. The van der Waals surface area contributed by atoms with Crippen LogP contribution in [0.25, 0.3) is 0 Å². The maximum atomic E-state index is 11.7. The zero-order valence-corrected chi connectivity index (χ0v) is 12.6. The molecule has 1 amide bonds. The summed E-state index contributed by atoms with van der Waals surface area (Å²) in [4.78, 5) is 18.3. The average molecular weight is 276 g/mol. The fourth-order valence-corrected chi connectivity index (χ4v) is 2.95. The third kappa shape index (κ3) is 3.28. The standard InChI is InChI=1S/C15H24N4O/c1-10-7-11(2)18-15(13(10)14(16)20)19(3)9-12-5-4-6-17-8-12/h7,12,17H,4-6,8-9H2,1-3H3,(H2,16,20). The van der Waals surface area contributed by atoms with Crippen molar-refractivity contribution in [1.29, 1.82) is 0 Å². The summed E-state index contributed by atoms with van der Waals surface area (Å²) < 4.78 is 0. The quantitative estimate of drug-likeness (QED) is 0.868. The highest BCUT2D eigenvalue weighted by molar-refractivity contribution is 5.99. The minimum atomic E-state index is -0.404. The molecule has 1 atom stereocenters. The van der Waals surface area contributed by atoms with Crippen LogP contribution in [0.4, 0.5) is 5.82 Å². The molecule has 0 radical (unpaired) electrons. The summed E-state index contributed by atoms with van der Waals surface area (Å²) in [7, 11) is 1.99. The highest BCUT2D eigenvalue weighted by atomic mass is 16.1. The Labute approximate surface area is 120 Å². The zero-order chi connectivity index (χ0) is 14.7. The smallest absolute Gasteiger partial charge is 0.252 e. The number of carbonyl (C=O) groups excluding carboxylic acids is 1. The van der Waals surface area contributed by atoms with Crippen LogP contribution in [0.1, 0.15) is 34.5 Å². The number of nitrogens with zero attached hydrogens (tertiary/aromatic N) is 2. The lowest BCUT2D eigenvalue weighted by Gasteiger charge is -2.29. The Balaban J connectivity index is 2.23. The van der Waals surface area contributed by atoms with E-state index in [2.05, 4.69) is 15.2 Å². The Morgan fingerprint density at radius 3 is 2.90 bits per heavy atom. The molecule has 3 N–H and O–H groups in total. The van der Waals surface area contributed by atoms with E-state index in [9.17, 15) is 4.79 Å². The van der Waals surface area contributed by atoms with Gasteiger partial charge in [-0.1, -0.05) is 0 Å². The fraction of sp³-hybridized carbons (Fsp3) is 0.600. The zero-order valence-electron chi connectivity index (χ0n) is 12.6. The number of carbonyl (C=O) groups is 1. The van der Waals surface area contributed by atoms with E-state index in [4.69, 9.17) is 5.73 Å². The molecule has 0 aromatic carbocycles. The number of aryl methyl sites for hydroxylation is 2. The van der Waals surface area contributed by atoms with Gasteiger partial charge in [0.25, 0.3) is 5.91 Å². The van der Waals surface area contributed by atoms with Gasteiger partial charge < -0.3 is 16.0 Å². The van der Waals surface area contributed by atoms with Gasteiger partial charge in [-0.2, -0.15) is 0 Å². The number of nitrogens with one attached hydrogen (secondary N) is 1. The third-order valence-electron chi connectivity index (χ3n) is 3.86. The van der Waals surface area contributed by atoms with E-state index in [1.807, 2.05) is 27.0 Å². The van der Waals surface area contributed by atoms with Crippen molar-refractivity contribution in [3.63, 3.8) is 0 Å². The van der Waals surface area contributed by atoms with Crippen LogP contribution < -0.4 is 16.0 Å². The van der Waals surface area contributed by atoms with Crippen LogP contribution >= 0.6 is 0 Å². The highest BCUT2D eigenvalue weighted by Gasteiger charge is 2.21. The first-order valence-electron chi connectivity index (χ1n) is 7.19. The third-order valence-corrected chi connectivity index (χ3v) is 3.86. The molecule has 1 saturated heterocycles. The molecule has 2 rings (SSSR count). The Morgan fingerprint density at radius 2 is 2.30 bits per heavy atom. The number of hydrogen-bond acceptors (Lipinski definition) is 4.